The molecular formula is C21H14BrFN6O. The van der Waals surface area contributed by atoms with E-state index in [9.17, 15) is 4.39 Å². The van der Waals surface area contributed by atoms with Crippen molar-refractivity contribution in [1.29, 1.82) is 0 Å². The van der Waals surface area contributed by atoms with Crippen molar-refractivity contribution in [3.8, 4) is 11.5 Å². The Morgan fingerprint density at radius 1 is 1.03 bits per heavy atom. The summed E-state index contributed by atoms with van der Waals surface area (Å²) in [5, 5.41) is 7.58. The first-order chi connectivity index (χ1) is 14.6. The Balaban J connectivity index is 1.43. The molecule has 0 atom stereocenters. The van der Waals surface area contributed by atoms with Gasteiger partial charge in [0.15, 0.2) is 5.65 Å². The number of anilines is 2. The van der Waals surface area contributed by atoms with Crippen LogP contribution in [0.3, 0.4) is 0 Å². The van der Waals surface area contributed by atoms with Crippen LogP contribution in [0, 0.1) is 12.7 Å². The van der Waals surface area contributed by atoms with Gasteiger partial charge < -0.3 is 10.1 Å². The van der Waals surface area contributed by atoms with Crippen molar-refractivity contribution in [2.75, 3.05) is 5.32 Å². The molecule has 0 amide bonds. The van der Waals surface area contributed by atoms with E-state index >= 15 is 0 Å². The van der Waals surface area contributed by atoms with Crippen molar-refractivity contribution in [1.82, 2.24) is 24.6 Å². The molecule has 0 aliphatic heterocycles. The zero-order valence-electron chi connectivity index (χ0n) is 15.7. The van der Waals surface area contributed by atoms with Crippen molar-refractivity contribution < 1.29 is 9.13 Å². The lowest BCUT2D eigenvalue weighted by Crippen LogP contribution is -1.99. The largest absolute Gasteiger partial charge is 0.457 e. The summed E-state index contributed by atoms with van der Waals surface area (Å²) in [6, 6.07) is 12.4. The molecule has 5 rings (SSSR count). The van der Waals surface area contributed by atoms with E-state index in [4.69, 9.17) is 4.74 Å². The van der Waals surface area contributed by atoms with Crippen LogP contribution in [-0.4, -0.2) is 24.6 Å². The standard InChI is InChI=1S/C21H14BrFN6O/c1-12-6-14(28-21-20-16(23)7-13(22)8-17(20)24-10-26-21)2-3-18(12)30-15-4-5-29-19(9-15)25-11-27-29/h2-11H,1H3,(H,24,26,28). The van der Waals surface area contributed by atoms with Crippen molar-refractivity contribution >= 4 is 44.0 Å². The number of aromatic nitrogens is 5. The van der Waals surface area contributed by atoms with Gasteiger partial charge in [0.1, 0.15) is 35.8 Å². The number of pyridine rings is 1. The van der Waals surface area contributed by atoms with E-state index in [1.165, 1.54) is 18.7 Å². The average molecular weight is 465 g/mol. The average Bonchev–Trinajstić information content (AvgIpc) is 3.17. The maximum atomic E-state index is 14.5. The lowest BCUT2D eigenvalue weighted by molar-refractivity contribution is 0.478. The predicted octanol–water partition coefficient (Wildman–Crippen LogP) is 5.42. The summed E-state index contributed by atoms with van der Waals surface area (Å²) in [4.78, 5) is 12.5. The molecule has 9 heteroatoms. The van der Waals surface area contributed by atoms with E-state index in [0.29, 0.717) is 38.3 Å². The molecule has 30 heavy (non-hydrogen) atoms. The van der Waals surface area contributed by atoms with Crippen LogP contribution >= 0.6 is 15.9 Å². The Bertz CT molecular complexity index is 1400. The third kappa shape index (κ3) is 3.43. The van der Waals surface area contributed by atoms with E-state index in [0.717, 1.165) is 11.3 Å². The molecule has 0 spiro atoms. The second-order valence-electron chi connectivity index (χ2n) is 6.64. The molecule has 0 aliphatic carbocycles. The van der Waals surface area contributed by atoms with Crippen LogP contribution in [-0.2, 0) is 0 Å². The van der Waals surface area contributed by atoms with E-state index in [1.807, 2.05) is 37.3 Å². The quantitative estimate of drug-likeness (QED) is 0.382. The molecule has 3 heterocycles. The van der Waals surface area contributed by atoms with Crippen LogP contribution in [0.15, 0.2) is 65.8 Å². The smallest absolute Gasteiger partial charge is 0.158 e. The maximum absolute atomic E-state index is 14.5. The molecule has 0 saturated heterocycles. The Morgan fingerprint density at radius 2 is 1.93 bits per heavy atom. The van der Waals surface area contributed by atoms with Crippen LogP contribution in [0.25, 0.3) is 16.6 Å². The van der Waals surface area contributed by atoms with Gasteiger partial charge in [0.25, 0.3) is 0 Å². The van der Waals surface area contributed by atoms with Gasteiger partial charge in [-0.1, -0.05) is 15.9 Å². The molecule has 5 aromatic rings. The van der Waals surface area contributed by atoms with Crippen molar-refractivity contribution in [3.63, 3.8) is 0 Å². The van der Waals surface area contributed by atoms with Gasteiger partial charge in [0, 0.05) is 22.4 Å². The Labute approximate surface area is 178 Å². The predicted molar refractivity (Wildman–Crippen MR) is 115 cm³/mol. The molecule has 148 valence electrons. The fraction of sp³-hybridized carbons (Fsp3) is 0.0476. The zero-order chi connectivity index (χ0) is 20.7. The van der Waals surface area contributed by atoms with Crippen molar-refractivity contribution in [3.05, 3.63) is 77.2 Å². The molecular weight excluding hydrogens is 451 g/mol. The summed E-state index contributed by atoms with van der Waals surface area (Å²) < 4.78 is 22.8. The number of hydrogen-bond acceptors (Lipinski definition) is 6. The lowest BCUT2D eigenvalue weighted by atomic mass is 10.2. The minimum absolute atomic E-state index is 0.334. The minimum Gasteiger partial charge on any atom is -0.457 e. The van der Waals surface area contributed by atoms with Crippen LogP contribution in [0.5, 0.6) is 11.5 Å². The maximum Gasteiger partial charge on any atom is 0.158 e. The first-order valence-electron chi connectivity index (χ1n) is 9.01. The van der Waals surface area contributed by atoms with Gasteiger partial charge in [-0.25, -0.2) is 23.9 Å². The third-order valence-electron chi connectivity index (χ3n) is 4.57. The Morgan fingerprint density at radius 3 is 2.80 bits per heavy atom. The lowest BCUT2D eigenvalue weighted by Gasteiger charge is -2.13. The highest BCUT2D eigenvalue weighted by Crippen LogP contribution is 2.31. The fourth-order valence-electron chi connectivity index (χ4n) is 3.17. The Hall–Kier alpha value is -3.59. The zero-order valence-corrected chi connectivity index (χ0v) is 17.3. The molecule has 3 aromatic heterocycles. The number of aryl methyl sites for hydroxylation is 1. The number of fused-ring (bicyclic) bond motifs is 2. The number of nitrogens with one attached hydrogen (secondary N) is 1. The number of nitrogens with zero attached hydrogens (tertiary/aromatic N) is 5. The van der Waals surface area contributed by atoms with Gasteiger partial charge in [-0.3, -0.25) is 0 Å². The molecule has 1 N–H and O–H groups in total. The molecule has 2 aromatic carbocycles. The van der Waals surface area contributed by atoms with Gasteiger partial charge in [-0.05, 0) is 48.9 Å². The van der Waals surface area contributed by atoms with Crippen molar-refractivity contribution in [2.24, 2.45) is 0 Å². The molecule has 0 fully saturated rings. The van der Waals surface area contributed by atoms with Gasteiger partial charge in [0.05, 0.1) is 10.9 Å². The second-order valence-corrected chi connectivity index (χ2v) is 7.55. The third-order valence-corrected chi connectivity index (χ3v) is 5.03. The Kier molecular flexibility index (Phi) is 4.51. The molecule has 0 aliphatic rings. The van der Waals surface area contributed by atoms with Crippen molar-refractivity contribution in [2.45, 2.75) is 6.92 Å². The number of rotatable bonds is 4. The molecule has 0 saturated carbocycles. The molecule has 7 nitrogen and oxygen atoms in total. The van der Waals surface area contributed by atoms with Crippen LogP contribution in [0.1, 0.15) is 5.56 Å². The second kappa shape index (κ2) is 7.34. The molecule has 0 bridgehead atoms. The van der Waals surface area contributed by atoms with E-state index in [-0.39, 0.29) is 0 Å². The van der Waals surface area contributed by atoms with E-state index in [2.05, 4.69) is 41.3 Å². The fourth-order valence-corrected chi connectivity index (χ4v) is 3.59. The highest BCUT2D eigenvalue weighted by Gasteiger charge is 2.12. The minimum atomic E-state index is -0.400. The van der Waals surface area contributed by atoms with Gasteiger partial charge in [0.2, 0.25) is 0 Å². The molecule has 0 unspecified atom stereocenters. The summed E-state index contributed by atoms with van der Waals surface area (Å²) >= 11 is 3.29. The summed E-state index contributed by atoms with van der Waals surface area (Å²) in [5.41, 5.74) is 2.88. The number of ether oxygens (including phenoxy) is 1. The summed E-state index contributed by atoms with van der Waals surface area (Å²) in [5.74, 6) is 1.36. The first kappa shape index (κ1) is 18.4. The topological polar surface area (TPSA) is 77.2 Å². The SMILES string of the molecule is Cc1cc(Nc2ncnc3cc(Br)cc(F)c23)ccc1Oc1ccn2ncnc2c1. The summed E-state index contributed by atoms with van der Waals surface area (Å²) in [6.45, 7) is 1.94. The van der Waals surface area contributed by atoms with Crippen LogP contribution < -0.4 is 10.1 Å². The highest BCUT2D eigenvalue weighted by molar-refractivity contribution is 9.10. The summed E-state index contributed by atoms with van der Waals surface area (Å²) in [7, 11) is 0. The van der Waals surface area contributed by atoms with Gasteiger partial charge in [-0.15, -0.1) is 0 Å². The number of benzene rings is 2. The number of hydrogen-bond donors (Lipinski definition) is 1. The van der Waals surface area contributed by atoms with Crippen LogP contribution in [0.2, 0.25) is 0 Å². The monoisotopic (exact) mass is 464 g/mol. The van der Waals surface area contributed by atoms with Gasteiger partial charge in [-0.2, -0.15) is 5.10 Å². The van der Waals surface area contributed by atoms with Gasteiger partial charge >= 0.3 is 0 Å². The number of halogens is 2. The van der Waals surface area contributed by atoms with E-state index < -0.39 is 5.82 Å². The van der Waals surface area contributed by atoms with E-state index in [1.54, 1.807) is 16.8 Å². The normalized spacial score (nSPS) is 11.2. The first-order valence-corrected chi connectivity index (χ1v) is 9.81. The molecule has 0 radical (unpaired) electrons. The summed E-state index contributed by atoms with van der Waals surface area (Å²) in [6.07, 6.45) is 4.68. The highest BCUT2D eigenvalue weighted by atomic mass is 79.9. The van der Waals surface area contributed by atoms with Crippen LogP contribution in [0.4, 0.5) is 15.9 Å².